The van der Waals surface area contributed by atoms with Gasteiger partial charge >= 0.3 is 0 Å². The zero-order valence-electron chi connectivity index (χ0n) is 29.9. The van der Waals surface area contributed by atoms with Crippen LogP contribution >= 0.6 is 0 Å². The Labute approximate surface area is 313 Å². The van der Waals surface area contributed by atoms with Crippen molar-refractivity contribution in [3.63, 3.8) is 0 Å². The highest BCUT2D eigenvalue weighted by Gasteiger charge is 2.38. The number of rotatable bonds is 7. The Morgan fingerprint density at radius 1 is 0.463 bits per heavy atom. The van der Waals surface area contributed by atoms with Gasteiger partial charge < -0.3 is 14.2 Å². The molecule has 1 aliphatic rings. The van der Waals surface area contributed by atoms with Gasteiger partial charge in [-0.1, -0.05) is 111 Å². The first kappa shape index (κ1) is 31.7. The highest BCUT2D eigenvalue weighted by molar-refractivity contribution is 6.10. The Balaban J connectivity index is 1.16. The van der Waals surface area contributed by atoms with Crippen molar-refractivity contribution in [3.05, 3.63) is 192 Å². The number of para-hydroxylation sites is 3. The highest BCUT2D eigenvalue weighted by atomic mass is 16.3. The summed E-state index contributed by atoms with van der Waals surface area (Å²) in [5.74, 6) is 0. The molecule has 1 aliphatic carbocycles. The van der Waals surface area contributed by atoms with Gasteiger partial charge in [-0.05, 0) is 106 Å². The van der Waals surface area contributed by atoms with Crippen LogP contribution < -0.4 is 9.80 Å². The molecule has 54 heavy (non-hydrogen) atoms. The molecule has 10 rings (SSSR count). The van der Waals surface area contributed by atoms with Crippen molar-refractivity contribution in [2.45, 2.75) is 19.3 Å². The molecule has 258 valence electrons. The number of furan rings is 1. The van der Waals surface area contributed by atoms with E-state index in [0.29, 0.717) is 11.4 Å². The molecule has 9 aromatic rings. The molecule has 0 fully saturated rings. The van der Waals surface area contributed by atoms with Crippen LogP contribution in [0.2, 0.25) is 0 Å². The molecule has 0 aliphatic heterocycles. The first-order chi connectivity index (χ1) is 26.5. The zero-order valence-corrected chi connectivity index (χ0v) is 29.9. The molecule has 0 amide bonds. The summed E-state index contributed by atoms with van der Waals surface area (Å²) in [7, 11) is 0. The Hall–Kier alpha value is -6.98. The van der Waals surface area contributed by atoms with Crippen molar-refractivity contribution >= 4 is 72.5 Å². The molecule has 5 heteroatoms. The molecular weight excluding hydrogens is 663 g/mol. The van der Waals surface area contributed by atoms with Crippen molar-refractivity contribution in [3.8, 4) is 11.1 Å². The molecule has 1 aromatic heterocycles. The number of anilines is 6. The molecule has 0 saturated carbocycles. The van der Waals surface area contributed by atoms with Crippen LogP contribution in [0.15, 0.2) is 186 Å². The lowest BCUT2D eigenvalue weighted by molar-refractivity contribution is 0.666. The van der Waals surface area contributed by atoms with Crippen molar-refractivity contribution in [1.82, 2.24) is 0 Å². The number of nitroso groups, excluding NO2 is 1. The van der Waals surface area contributed by atoms with Gasteiger partial charge in [-0.2, -0.15) is 0 Å². The van der Waals surface area contributed by atoms with Gasteiger partial charge in [-0.3, -0.25) is 0 Å². The van der Waals surface area contributed by atoms with E-state index in [0.717, 1.165) is 50.4 Å². The van der Waals surface area contributed by atoms with Crippen molar-refractivity contribution in [2.75, 3.05) is 9.80 Å². The molecule has 0 spiro atoms. The molecule has 0 saturated heterocycles. The van der Waals surface area contributed by atoms with Gasteiger partial charge in [0.2, 0.25) is 0 Å². The minimum atomic E-state index is -0.128. The average molecular weight is 698 g/mol. The average Bonchev–Trinajstić information content (AvgIpc) is 3.70. The van der Waals surface area contributed by atoms with Gasteiger partial charge in [0.25, 0.3) is 0 Å². The fourth-order valence-corrected chi connectivity index (χ4v) is 8.60. The molecule has 5 nitrogen and oxygen atoms in total. The summed E-state index contributed by atoms with van der Waals surface area (Å²) in [4.78, 5) is 16.4. The van der Waals surface area contributed by atoms with Crippen LogP contribution in [0, 0.1) is 4.91 Å². The number of hydrogen-bond acceptors (Lipinski definition) is 5. The maximum atomic E-state index is 11.9. The SMILES string of the molecule is CC1(C)c2ccccc2-c2cc(N(c3ccccc3)c3ccc4oc5cc(N(c6ccccc6)c6ccccc6N=O)ccc5c4c3)c3ccccc3c21. The van der Waals surface area contributed by atoms with Crippen molar-refractivity contribution in [1.29, 1.82) is 0 Å². The van der Waals surface area contributed by atoms with Crippen LogP contribution in [0.25, 0.3) is 43.8 Å². The summed E-state index contributed by atoms with van der Waals surface area (Å²) in [6, 6.07) is 60.8. The maximum absolute atomic E-state index is 11.9. The van der Waals surface area contributed by atoms with Crippen LogP contribution in [-0.2, 0) is 5.41 Å². The summed E-state index contributed by atoms with van der Waals surface area (Å²) in [5, 5.41) is 7.85. The molecule has 1 heterocycles. The maximum Gasteiger partial charge on any atom is 0.137 e. The summed E-state index contributed by atoms with van der Waals surface area (Å²) in [5.41, 5.74) is 12.8. The molecule has 8 aromatic carbocycles. The van der Waals surface area contributed by atoms with E-state index in [2.05, 4.69) is 139 Å². The largest absolute Gasteiger partial charge is 0.456 e. The lowest BCUT2D eigenvalue weighted by Gasteiger charge is -2.29. The molecule has 0 atom stereocenters. The minimum absolute atomic E-state index is 0.128. The lowest BCUT2D eigenvalue weighted by Crippen LogP contribution is -2.16. The first-order valence-corrected chi connectivity index (χ1v) is 18.3. The van der Waals surface area contributed by atoms with Gasteiger partial charge in [0.15, 0.2) is 0 Å². The molecule has 0 radical (unpaired) electrons. The van der Waals surface area contributed by atoms with Crippen LogP contribution in [0.1, 0.15) is 25.0 Å². The highest BCUT2D eigenvalue weighted by Crippen LogP contribution is 2.54. The van der Waals surface area contributed by atoms with Gasteiger partial charge in [0.05, 0.1) is 11.4 Å². The second-order valence-corrected chi connectivity index (χ2v) is 14.4. The van der Waals surface area contributed by atoms with Crippen molar-refractivity contribution < 1.29 is 4.42 Å². The number of fused-ring (bicyclic) bond motifs is 8. The molecule has 0 unspecified atom stereocenters. The number of nitrogens with zero attached hydrogens (tertiary/aromatic N) is 3. The quantitative estimate of drug-likeness (QED) is 0.156. The summed E-state index contributed by atoms with van der Waals surface area (Å²) in [6.07, 6.45) is 0. The van der Waals surface area contributed by atoms with Gasteiger partial charge in [-0.25, -0.2) is 0 Å². The second-order valence-electron chi connectivity index (χ2n) is 14.4. The fraction of sp³-hybridized carbons (Fsp3) is 0.0612. The van der Waals surface area contributed by atoms with E-state index in [1.807, 2.05) is 59.5 Å². The number of benzene rings is 8. The van der Waals surface area contributed by atoms with Crippen LogP contribution in [0.5, 0.6) is 0 Å². The van der Waals surface area contributed by atoms with E-state index in [4.69, 9.17) is 4.42 Å². The number of hydrogen-bond donors (Lipinski definition) is 0. The predicted molar refractivity (Wildman–Crippen MR) is 224 cm³/mol. The Kier molecular flexibility index (Phi) is 7.24. The normalized spacial score (nSPS) is 12.9. The van der Waals surface area contributed by atoms with Crippen LogP contribution in [-0.4, -0.2) is 0 Å². The fourth-order valence-electron chi connectivity index (χ4n) is 8.60. The Morgan fingerprint density at radius 2 is 1.07 bits per heavy atom. The smallest absolute Gasteiger partial charge is 0.137 e. The van der Waals surface area contributed by atoms with Crippen LogP contribution in [0.4, 0.5) is 39.8 Å². The van der Waals surface area contributed by atoms with Gasteiger partial charge in [0.1, 0.15) is 16.9 Å². The first-order valence-electron chi connectivity index (χ1n) is 18.3. The summed E-state index contributed by atoms with van der Waals surface area (Å²) >= 11 is 0. The summed E-state index contributed by atoms with van der Waals surface area (Å²) < 4.78 is 6.58. The third-order valence-corrected chi connectivity index (χ3v) is 11.0. The Morgan fingerprint density at radius 3 is 1.83 bits per heavy atom. The predicted octanol–water partition coefficient (Wildman–Crippen LogP) is 14.4. The standard InChI is InChI=1S/C49H35N3O2/c1-49(2)42-22-12-11-19-36(42)41-31-45(37-20-9-10-21-39(37)48(41)49)52(33-17-7-4-8-18-33)34-26-28-46-40(29-34)38-27-25-35(30-47(38)54-46)51(32-15-5-3-6-16-32)44-24-14-13-23-43(44)50-53/h3-31H,1-2H3. The van der Waals surface area contributed by atoms with Gasteiger partial charge in [0, 0.05) is 50.4 Å². The zero-order chi connectivity index (χ0) is 36.4. The van der Waals surface area contributed by atoms with E-state index < -0.39 is 0 Å². The molecule has 0 bridgehead atoms. The van der Waals surface area contributed by atoms with E-state index in [1.54, 1.807) is 6.07 Å². The monoisotopic (exact) mass is 697 g/mol. The van der Waals surface area contributed by atoms with Gasteiger partial charge in [-0.15, -0.1) is 4.91 Å². The minimum Gasteiger partial charge on any atom is -0.456 e. The lowest BCUT2D eigenvalue weighted by atomic mass is 9.80. The molecular formula is C49H35N3O2. The second kappa shape index (κ2) is 12.3. The van der Waals surface area contributed by atoms with E-state index in [1.165, 1.54) is 33.0 Å². The third kappa shape index (κ3) is 4.86. The molecule has 0 N–H and O–H groups in total. The van der Waals surface area contributed by atoms with E-state index >= 15 is 0 Å². The summed E-state index contributed by atoms with van der Waals surface area (Å²) in [6.45, 7) is 4.69. The van der Waals surface area contributed by atoms with Crippen molar-refractivity contribution in [2.24, 2.45) is 5.18 Å². The third-order valence-electron chi connectivity index (χ3n) is 11.0. The van der Waals surface area contributed by atoms with E-state index in [-0.39, 0.29) is 5.41 Å². The topological polar surface area (TPSA) is 49.1 Å². The van der Waals surface area contributed by atoms with E-state index in [9.17, 15) is 4.91 Å². The Bertz CT molecular complexity index is 2890. The van der Waals surface area contributed by atoms with Crippen LogP contribution in [0.3, 0.4) is 0 Å².